The van der Waals surface area contributed by atoms with Gasteiger partial charge in [0.1, 0.15) is 11.5 Å². The van der Waals surface area contributed by atoms with Crippen LogP contribution in [-0.2, 0) is 17.8 Å². The number of carbonyl (C=O) groups excluding carboxylic acids is 1. The highest BCUT2D eigenvalue weighted by Gasteiger charge is 2.28. The third kappa shape index (κ3) is 4.13. The first kappa shape index (κ1) is 20.3. The molecule has 7 heteroatoms. The molecule has 158 valence electrons. The third-order valence-corrected chi connectivity index (χ3v) is 5.58. The summed E-state index contributed by atoms with van der Waals surface area (Å²) >= 11 is 0. The quantitative estimate of drug-likeness (QED) is 0.560. The summed E-state index contributed by atoms with van der Waals surface area (Å²) in [6.45, 7) is 3.02. The highest BCUT2D eigenvalue weighted by Crippen LogP contribution is 2.30. The fourth-order valence-corrected chi connectivity index (χ4v) is 4.06. The normalized spacial score (nSPS) is 18.5. The number of hydrogen-bond acceptors (Lipinski definition) is 5. The number of nitrogens with one attached hydrogen (secondary N) is 3. The van der Waals surface area contributed by atoms with E-state index >= 15 is 0 Å². The Balaban J connectivity index is 1.42. The Morgan fingerprint density at radius 2 is 1.80 bits per heavy atom. The van der Waals surface area contributed by atoms with Gasteiger partial charge < -0.3 is 19.4 Å². The van der Waals surface area contributed by atoms with Crippen molar-refractivity contribution in [1.29, 1.82) is 0 Å². The Morgan fingerprint density at radius 3 is 2.50 bits per heavy atom. The standard InChI is InChI=1S/C23H28N4O3/c1-4-27-20-10-9-18(30-3)12-16(20)13-21(27)19-14-22(26-25-19)24-23(28)11-15-5-7-17(29-2)8-6-15/h5-10,12-13,19,22,25-26H,4,11,14H2,1-3H3,(H,24,28). The molecule has 0 saturated carbocycles. The maximum absolute atomic E-state index is 12.5. The van der Waals surface area contributed by atoms with Crippen LogP contribution in [0.2, 0.25) is 0 Å². The summed E-state index contributed by atoms with van der Waals surface area (Å²) in [4.78, 5) is 12.5. The molecule has 0 aliphatic carbocycles. The van der Waals surface area contributed by atoms with Crippen LogP contribution in [0.4, 0.5) is 0 Å². The maximum Gasteiger partial charge on any atom is 0.225 e. The zero-order chi connectivity index (χ0) is 21.1. The summed E-state index contributed by atoms with van der Waals surface area (Å²) in [5.41, 5.74) is 9.89. The molecule has 0 bridgehead atoms. The van der Waals surface area contributed by atoms with Crippen LogP contribution in [0, 0.1) is 0 Å². The molecular formula is C23H28N4O3. The van der Waals surface area contributed by atoms with Gasteiger partial charge in [0, 0.05) is 29.6 Å². The number of hydrogen-bond donors (Lipinski definition) is 3. The number of fused-ring (bicyclic) bond motifs is 1. The fraction of sp³-hybridized carbons (Fsp3) is 0.348. The van der Waals surface area contributed by atoms with Crippen LogP contribution >= 0.6 is 0 Å². The van der Waals surface area contributed by atoms with Gasteiger partial charge in [-0.15, -0.1) is 0 Å². The molecule has 3 N–H and O–H groups in total. The predicted molar refractivity (Wildman–Crippen MR) is 116 cm³/mol. The minimum atomic E-state index is -0.126. The van der Waals surface area contributed by atoms with E-state index in [1.165, 1.54) is 11.2 Å². The molecule has 1 aliphatic heterocycles. The van der Waals surface area contributed by atoms with Gasteiger partial charge >= 0.3 is 0 Å². The Labute approximate surface area is 176 Å². The van der Waals surface area contributed by atoms with E-state index < -0.39 is 0 Å². The lowest BCUT2D eigenvalue weighted by molar-refractivity contribution is -0.121. The largest absolute Gasteiger partial charge is 0.497 e. The summed E-state index contributed by atoms with van der Waals surface area (Å²) in [5.74, 6) is 1.62. The SMILES string of the molecule is CCn1c(C2CC(NC(=O)Cc3ccc(OC)cc3)NN2)cc2cc(OC)ccc21. The molecule has 0 radical (unpaired) electrons. The van der Waals surface area contributed by atoms with Gasteiger partial charge in [-0.25, -0.2) is 10.9 Å². The van der Waals surface area contributed by atoms with Crippen LogP contribution in [-0.4, -0.2) is 30.9 Å². The van der Waals surface area contributed by atoms with Crippen molar-refractivity contribution in [2.24, 2.45) is 0 Å². The summed E-state index contributed by atoms with van der Waals surface area (Å²) in [6, 6.07) is 16.0. The number of carbonyl (C=O) groups is 1. The zero-order valence-corrected chi connectivity index (χ0v) is 17.6. The summed E-state index contributed by atoms with van der Waals surface area (Å²) in [5, 5.41) is 4.22. The Bertz CT molecular complexity index is 1030. The minimum Gasteiger partial charge on any atom is -0.497 e. The van der Waals surface area contributed by atoms with Crippen molar-refractivity contribution < 1.29 is 14.3 Å². The number of aryl methyl sites for hydroxylation is 1. The van der Waals surface area contributed by atoms with E-state index in [1.807, 2.05) is 30.3 Å². The topological polar surface area (TPSA) is 76.6 Å². The summed E-state index contributed by atoms with van der Waals surface area (Å²) in [6.07, 6.45) is 0.975. The van der Waals surface area contributed by atoms with Crippen molar-refractivity contribution in [3.8, 4) is 11.5 Å². The molecule has 3 aromatic rings. The van der Waals surface area contributed by atoms with Crippen LogP contribution in [0.15, 0.2) is 48.5 Å². The smallest absolute Gasteiger partial charge is 0.225 e. The van der Waals surface area contributed by atoms with Gasteiger partial charge in [0.15, 0.2) is 0 Å². The molecule has 1 amide bonds. The number of amides is 1. The molecule has 30 heavy (non-hydrogen) atoms. The van der Waals surface area contributed by atoms with E-state index in [9.17, 15) is 4.79 Å². The van der Waals surface area contributed by atoms with Crippen LogP contribution in [0.3, 0.4) is 0 Å². The molecule has 0 spiro atoms. The van der Waals surface area contributed by atoms with Crippen molar-refractivity contribution in [1.82, 2.24) is 20.7 Å². The second-order valence-corrected chi connectivity index (χ2v) is 7.46. The molecule has 1 aromatic heterocycles. The second kappa shape index (κ2) is 8.77. The second-order valence-electron chi connectivity index (χ2n) is 7.46. The van der Waals surface area contributed by atoms with Crippen LogP contribution in [0.1, 0.15) is 30.6 Å². The number of aromatic nitrogens is 1. The van der Waals surface area contributed by atoms with E-state index in [0.29, 0.717) is 6.42 Å². The average Bonchev–Trinajstić information content (AvgIpc) is 3.37. The van der Waals surface area contributed by atoms with Crippen LogP contribution < -0.4 is 25.6 Å². The molecule has 1 fully saturated rings. The van der Waals surface area contributed by atoms with Crippen LogP contribution in [0.25, 0.3) is 10.9 Å². The van der Waals surface area contributed by atoms with E-state index in [0.717, 1.165) is 35.4 Å². The Morgan fingerprint density at radius 1 is 1.07 bits per heavy atom. The molecular weight excluding hydrogens is 380 g/mol. The first-order valence-electron chi connectivity index (χ1n) is 10.2. The van der Waals surface area contributed by atoms with Gasteiger partial charge in [-0.3, -0.25) is 4.79 Å². The number of benzene rings is 2. The van der Waals surface area contributed by atoms with E-state index in [4.69, 9.17) is 9.47 Å². The van der Waals surface area contributed by atoms with Crippen LogP contribution in [0.5, 0.6) is 11.5 Å². The van der Waals surface area contributed by atoms with Crippen molar-refractivity contribution in [3.63, 3.8) is 0 Å². The molecule has 4 rings (SSSR count). The van der Waals surface area contributed by atoms with Gasteiger partial charge in [-0.1, -0.05) is 12.1 Å². The monoisotopic (exact) mass is 408 g/mol. The van der Waals surface area contributed by atoms with Crippen molar-refractivity contribution >= 4 is 16.8 Å². The highest BCUT2D eigenvalue weighted by molar-refractivity contribution is 5.83. The van der Waals surface area contributed by atoms with Gasteiger partial charge in [0.2, 0.25) is 5.91 Å². The molecule has 1 aliphatic rings. The maximum atomic E-state index is 12.5. The minimum absolute atomic E-state index is 0.0131. The van der Waals surface area contributed by atoms with Crippen molar-refractivity contribution in [2.45, 2.75) is 38.5 Å². The molecule has 2 heterocycles. The predicted octanol–water partition coefficient (Wildman–Crippen LogP) is 2.90. The lowest BCUT2D eigenvalue weighted by Gasteiger charge is -2.14. The van der Waals surface area contributed by atoms with E-state index in [1.54, 1.807) is 14.2 Å². The third-order valence-electron chi connectivity index (χ3n) is 5.58. The molecule has 7 nitrogen and oxygen atoms in total. The molecule has 2 atom stereocenters. The lowest BCUT2D eigenvalue weighted by Crippen LogP contribution is -2.44. The first-order valence-corrected chi connectivity index (χ1v) is 10.2. The summed E-state index contributed by atoms with van der Waals surface area (Å²) in [7, 11) is 3.31. The number of rotatable bonds is 7. The van der Waals surface area contributed by atoms with Gasteiger partial charge in [-0.2, -0.15) is 0 Å². The number of hydrazine groups is 1. The fourth-order valence-electron chi connectivity index (χ4n) is 4.06. The molecule has 2 aromatic carbocycles. The number of methoxy groups -OCH3 is 2. The van der Waals surface area contributed by atoms with Gasteiger partial charge in [-0.05, 0) is 48.9 Å². The lowest BCUT2D eigenvalue weighted by atomic mass is 10.1. The average molecular weight is 409 g/mol. The molecule has 2 unspecified atom stereocenters. The Kier molecular flexibility index (Phi) is 5.92. The van der Waals surface area contributed by atoms with Crippen molar-refractivity contribution in [2.75, 3.05) is 14.2 Å². The summed E-state index contributed by atoms with van der Waals surface area (Å²) < 4.78 is 12.8. The molecule has 1 saturated heterocycles. The van der Waals surface area contributed by atoms with Crippen molar-refractivity contribution in [3.05, 3.63) is 59.8 Å². The number of ether oxygens (including phenoxy) is 2. The first-order chi connectivity index (χ1) is 14.6. The highest BCUT2D eigenvalue weighted by atomic mass is 16.5. The van der Waals surface area contributed by atoms with E-state index in [-0.39, 0.29) is 18.1 Å². The Hall–Kier alpha value is -3.03. The number of nitrogens with zero attached hydrogens (tertiary/aromatic N) is 1. The zero-order valence-electron chi connectivity index (χ0n) is 17.6. The van der Waals surface area contributed by atoms with Gasteiger partial charge in [0.25, 0.3) is 0 Å². The van der Waals surface area contributed by atoms with Gasteiger partial charge in [0.05, 0.1) is 32.8 Å². The van der Waals surface area contributed by atoms with E-state index in [2.05, 4.69) is 45.9 Å².